The molecule has 0 radical (unpaired) electrons. The van der Waals surface area contributed by atoms with Gasteiger partial charge in [-0.25, -0.2) is 0 Å². The molecule has 0 bridgehead atoms. The summed E-state index contributed by atoms with van der Waals surface area (Å²) in [6.45, 7) is 0.268. The van der Waals surface area contributed by atoms with Gasteiger partial charge in [0.1, 0.15) is 24.6 Å². The fourth-order valence-electron chi connectivity index (χ4n) is 4.99. The van der Waals surface area contributed by atoms with Crippen LogP contribution in [0.5, 0.6) is 11.5 Å². The van der Waals surface area contributed by atoms with Crippen LogP contribution >= 0.6 is 45.8 Å². The van der Waals surface area contributed by atoms with Gasteiger partial charge in [0.2, 0.25) is 5.91 Å². The Kier molecular flexibility index (Phi) is 11.5. The number of amides is 2. The minimum atomic E-state index is -1.28. The molecular formula is C29H31Cl2IN2O8. The second-order valence-electron chi connectivity index (χ2n) is 9.88. The summed E-state index contributed by atoms with van der Waals surface area (Å²) in [6, 6.07) is 7.22. The summed E-state index contributed by atoms with van der Waals surface area (Å²) < 4.78 is 18.0. The molecule has 4 unspecified atom stereocenters. The minimum Gasteiger partial charge on any atom is -0.493 e. The molecule has 2 aliphatic rings. The van der Waals surface area contributed by atoms with Crippen molar-refractivity contribution in [2.75, 3.05) is 26.9 Å². The highest BCUT2D eigenvalue weighted by molar-refractivity contribution is 14.1. The Morgan fingerprint density at radius 2 is 2.02 bits per heavy atom. The molecule has 0 aromatic heterocycles. The van der Waals surface area contributed by atoms with Gasteiger partial charge >= 0.3 is 0 Å². The van der Waals surface area contributed by atoms with Crippen molar-refractivity contribution in [2.24, 2.45) is 0 Å². The fourth-order valence-corrected chi connectivity index (χ4v) is 6.06. The van der Waals surface area contributed by atoms with Crippen LogP contribution in [0.25, 0.3) is 0 Å². The van der Waals surface area contributed by atoms with Crippen molar-refractivity contribution >= 4 is 63.9 Å². The number of nitrogens with zero attached hydrogens (tertiary/aromatic N) is 1. The van der Waals surface area contributed by atoms with Crippen molar-refractivity contribution in [3.8, 4) is 11.5 Å². The van der Waals surface area contributed by atoms with E-state index in [1.54, 1.807) is 24.3 Å². The highest BCUT2D eigenvalue weighted by Crippen LogP contribution is 2.37. The largest absolute Gasteiger partial charge is 0.493 e. The maximum atomic E-state index is 13.9. The zero-order valence-corrected chi connectivity index (χ0v) is 26.4. The Hall–Kier alpha value is -2.42. The van der Waals surface area contributed by atoms with Crippen molar-refractivity contribution in [3.05, 3.63) is 66.7 Å². The molecule has 10 nitrogen and oxygen atoms in total. The second-order valence-corrected chi connectivity index (χ2v) is 11.9. The summed E-state index contributed by atoms with van der Waals surface area (Å²) in [5, 5.41) is 24.3. The number of rotatable bonds is 11. The molecule has 42 heavy (non-hydrogen) atoms. The number of aliphatic hydroxyl groups is 2. The van der Waals surface area contributed by atoms with Gasteiger partial charge < -0.3 is 34.6 Å². The van der Waals surface area contributed by atoms with E-state index in [1.807, 2.05) is 22.6 Å². The van der Waals surface area contributed by atoms with Crippen LogP contribution < -0.4 is 14.8 Å². The number of aldehydes is 1. The maximum Gasteiger partial charge on any atom is 0.252 e. The average Bonchev–Trinajstić information content (AvgIpc) is 3.53. The van der Waals surface area contributed by atoms with E-state index in [0.29, 0.717) is 44.1 Å². The van der Waals surface area contributed by atoms with Crippen molar-refractivity contribution in [1.29, 1.82) is 0 Å². The average molecular weight is 733 g/mol. The predicted octanol–water partition coefficient (Wildman–Crippen LogP) is 3.54. The molecule has 4 rings (SSSR count). The Labute approximate surface area is 267 Å². The first-order chi connectivity index (χ1) is 20.2. The molecule has 226 valence electrons. The van der Waals surface area contributed by atoms with E-state index >= 15 is 0 Å². The van der Waals surface area contributed by atoms with Gasteiger partial charge in [0.05, 0.1) is 33.4 Å². The zero-order valence-electron chi connectivity index (χ0n) is 22.7. The van der Waals surface area contributed by atoms with Gasteiger partial charge in [0.15, 0.2) is 11.5 Å². The van der Waals surface area contributed by atoms with Crippen molar-refractivity contribution in [3.63, 3.8) is 0 Å². The van der Waals surface area contributed by atoms with Crippen LogP contribution in [0.1, 0.15) is 35.2 Å². The van der Waals surface area contributed by atoms with Crippen LogP contribution in [0.2, 0.25) is 10.0 Å². The maximum absolute atomic E-state index is 13.9. The molecule has 2 amide bonds. The first kappa shape index (κ1) is 32.5. The molecule has 3 N–H and O–H groups in total. The molecule has 13 heteroatoms. The van der Waals surface area contributed by atoms with Gasteiger partial charge in [-0.3, -0.25) is 14.4 Å². The van der Waals surface area contributed by atoms with Crippen LogP contribution in [-0.4, -0.2) is 84.4 Å². The molecule has 2 aromatic carbocycles. The number of aliphatic hydroxyl groups excluding tert-OH is 2. The molecule has 1 heterocycles. The lowest BCUT2D eigenvalue weighted by Crippen LogP contribution is -2.56. The number of hydrogen-bond donors (Lipinski definition) is 3. The van der Waals surface area contributed by atoms with Gasteiger partial charge in [-0.2, -0.15) is 0 Å². The Morgan fingerprint density at radius 3 is 2.67 bits per heavy atom. The van der Waals surface area contributed by atoms with E-state index in [1.165, 1.54) is 24.2 Å². The zero-order chi connectivity index (χ0) is 30.4. The smallest absolute Gasteiger partial charge is 0.252 e. The van der Waals surface area contributed by atoms with Gasteiger partial charge in [-0.15, -0.1) is 0 Å². The van der Waals surface area contributed by atoms with Crippen molar-refractivity contribution < 1.29 is 38.8 Å². The molecule has 1 aliphatic carbocycles. The van der Waals surface area contributed by atoms with Crippen molar-refractivity contribution in [1.82, 2.24) is 10.2 Å². The number of methoxy groups -OCH3 is 1. The topological polar surface area (TPSA) is 135 Å². The highest BCUT2D eigenvalue weighted by Gasteiger charge is 2.43. The lowest BCUT2D eigenvalue weighted by molar-refractivity contribution is -0.149. The molecule has 0 saturated carbocycles. The molecule has 4 atom stereocenters. The van der Waals surface area contributed by atoms with Gasteiger partial charge in [-0.05, 0) is 71.3 Å². The molecule has 1 saturated heterocycles. The fraction of sp³-hybridized carbons (Fsp3) is 0.414. The Bertz CT molecular complexity index is 1350. The number of carbonyl (C=O) groups excluding carboxylic acids is 3. The van der Waals surface area contributed by atoms with E-state index in [2.05, 4.69) is 5.32 Å². The predicted molar refractivity (Wildman–Crippen MR) is 164 cm³/mol. The summed E-state index contributed by atoms with van der Waals surface area (Å²) in [5.74, 6) is -0.269. The molecule has 0 spiro atoms. The van der Waals surface area contributed by atoms with Crippen LogP contribution in [0.15, 0.2) is 42.0 Å². The minimum absolute atomic E-state index is 0.0103. The van der Waals surface area contributed by atoms with Gasteiger partial charge in [-0.1, -0.05) is 29.3 Å². The SMILES string of the molecule is COc1cc(C=O)cc(I)c1OC1C=C(C(=O)NCCO)CC(N(Cc2ccc(Cl)c(Cl)c2)C(=O)C2CCCO2)C1O. The van der Waals surface area contributed by atoms with Gasteiger partial charge in [0.25, 0.3) is 5.91 Å². The van der Waals surface area contributed by atoms with E-state index < -0.39 is 30.3 Å². The summed E-state index contributed by atoms with van der Waals surface area (Å²) in [4.78, 5) is 39.9. The first-order valence-electron chi connectivity index (χ1n) is 13.3. The molecule has 2 aromatic rings. The monoisotopic (exact) mass is 732 g/mol. The third-order valence-electron chi connectivity index (χ3n) is 7.08. The number of nitrogens with one attached hydrogen (secondary N) is 1. The van der Waals surface area contributed by atoms with Crippen LogP contribution in [0, 0.1) is 3.57 Å². The standard InChI is InChI=1S/C29H31Cl2IN2O8/c1-40-25-11-17(15-36)10-21(32)27(25)42-24-13-18(28(38)33-6-7-35)12-22(26(24)37)34(29(39)23-3-2-8-41-23)14-16-4-5-19(30)20(31)9-16/h4-5,9-11,13,15,22-24,26,35,37H,2-3,6-8,12,14H2,1H3,(H,33,38). The molecular weight excluding hydrogens is 702 g/mol. The van der Waals surface area contributed by atoms with E-state index in [9.17, 15) is 24.6 Å². The molecule has 1 aliphatic heterocycles. The number of carbonyl (C=O) groups is 3. The van der Waals surface area contributed by atoms with E-state index in [4.69, 9.17) is 37.4 Å². The Balaban J connectivity index is 1.74. The molecule has 1 fully saturated rings. The summed E-state index contributed by atoms with van der Waals surface area (Å²) in [7, 11) is 1.43. The van der Waals surface area contributed by atoms with Gasteiger partial charge in [0, 0.05) is 37.3 Å². The van der Waals surface area contributed by atoms with E-state index in [0.717, 1.165) is 6.42 Å². The third-order valence-corrected chi connectivity index (χ3v) is 8.62. The van der Waals surface area contributed by atoms with Crippen LogP contribution in [0.4, 0.5) is 0 Å². The number of halogens is 3. The lowest BCUT2D eigenvalue weighted by atomic mass is 9.87. The number of benzene rings is 2. The lowest BCUT2D eigenvalue weighted by Gasteiger charge is -2.41. The Morgan fingerprint density at radius 1 is 1.24 bits per heavy atom. The van der Waals surface area contributed by atoms with Crippen molar-refractivity contribution in [2.45, 2.75) is 50.2 Å². The third kappa shape index (κ3) is 7.56. The number of hydrogen-bond acceptors (Lipinski definition) is 8. The van der Waals surface area contributed by atoms with E-state index in [-0.39, 0.29) is 49.1 Å². The normalized spacial score (nSPS) is 21.8. The highest BCUT2D eigenvalue weighted by atomic mass is 127. The quantitative estimate of drug-likeness (QED) is 0.236. The summed E-state index contributed by atoms with van der Waals surface area (Å²) in [6.07, 6.45) is 0.379. The van der Waals surface area contributed by atoms with Crippen LogP contribution in [-0.2, 0) is 20.9 Å². The first-order valence-corrected chi connectivity index (χ1v) is 15.1. The summed E-state index contributed by atoms with van der Waals surface area (Å²) >= 11 is 14.4. The number of ether oxygens (including phenoxy) is 3. The summed E-state index contributed by atoms with van der Waals surface area (Å²) in [5.41, 5.74) is 1.31. The second kappa shape index (κ2) is 14.8. The van der Waals surface area contributed by atoms with Crippen LogP contribution in [0.3, 0.4) is 0 Å².